The standard InChI is InChI=1S/C25H27NO3/c1-3-28-15-16-29-23-14-8-13-22(18-23)25(27)26-24(20-10-5-4-6-11-20)21-12-7-9-19(2)17-21/h4-14,17-18,24H,3,15-16H2,1-2H3,(H,26,27). The van der Waals surface area contributed by atoms with Gasteiger partial charge in [-0.2, -0.15) is 0 Å². The summed E-state index contributed by atoms with van der Waals surface area (Å²) in [7, 11) is 0. The van der Waals surface area contributed by atoms with Crippen molar-refractivity contribution in [1.29, 1.82) is 0 Å². The molecule has 0 spiro atoms. The molecule has 0 saturated heterocycles. The molecule has 150 valence electrons. The number of amides is 1. The van der Waals surface area contributed by atoms with Crippen molar-refractivity contribution in [3.8, 4) is 5.75 Å². The largest absolute Gasteiger partial charge is 0.491 e. The molecule has 0 aliphatic heterocycles. The lowest BCUT2D eigenvalue weighted by molar-refractivity contribution is 0.0941. The summed E-state index contributed by atoms with van der Waals surface area (Å²) in [6, 6.07) is 25.2. The molecule has 29 heavy (non-hydrogen) atoms. The Morgan fingerprint density at radius 1 is 0.897 bits per heavy atom. The molecular weight excluding hydrogens is 362 g/mol. The molecule has 0 bridgehead atoms. The maximum absolute atomic E-state index is 13.0. The summed E-state index contributed by atoms with van der Waals surface area (Å²) in [6.07, 6.45) is 0. The quantitative estimate of drug-likeness (QED) is 0.528. The molecule has 1 atom stereocenters. The van der Waals surface area contributed by atoms with E-state index in [2.05, 4.69) is 24.4 Å². The highest BCUT2D eigenvalue weighted by Crippen LogP contribution is 2.24. The zero-order valence-corrected chi connectivity index (χ0v) is 16.9. The maximum Gasteiger partial charge on any atom is 0.252 e. The molecule has 4 heteroatoms. The van der Waals surface area contributed by atoms with Crippen molar-refractivity contribution < 1.29 is 14.3 Å². The minimum Gasteiger partial charge on any atom is -0.491 e. The van der Waals surface area contributed by atoms with E-state index in [9.17, 15) is 4.79 Å². The SMILES string of the molecule is CCOCCOc1cccc(C(=O)NC(c2ccccc2)c2cccc(C)c2)c1. The second-order valence-corrected chi connectivity index (χ2v) is 6.80. The van der Waals surface area contributed by atoms with E-state index < -0.39 is 0 Å². The first-order chi connectivity index (χ1) is 14.2. The van der Waals surface area contributed by atoms with Gasteiger partial charge >= 0.3 is 0 Å². The molecule has 0 aliphatic rings. The van der Waals surface area contributed by atoms with Crippen molar-refractivity contribution in [3.63, 3.8) is 0 Å². The Kier molecular flexibility index (Phi) is 7.42. The van der Waals surface area contributed by atoms with Gasteiger partial charge in [-0.15, -0.1) is 0 Å². The van der Waals surface area contributed by atoms with Crippen molar-refractivity contribution in [3.05, 3.63) is 101 Å². The zero-order valence-electron chi connectivity index (χ0n) is 16.9. The van der Waals surface area contributed by atoms with Gasteiger partial charge in [-0.25, -0.2) is 0 Å². The van der Waals surface area contributed by atoms with Gasteiger partial charge < -0.3 is 14.8 Å². The number of hydrogen-bond donors (Lipinski definition) is 1. The Morgan fingerprint density at radius 2 is 1.66 bits per heavy atom. The highest BCUT2D eigenvalue weighted by atomic mass is 16.5. The summed E-state index contributed by atoms with van der Waals surface area (Å²) in [4.78, 5) is 13.0. The predicted octanol–water partition coefficient (Wildman–Crippen LogP) is 4.93. The molecule has 4 nitrogen and oxygen atoms in total. The van der Waals surface area contributed by atoms with E-state index in [1.165, 1.54) is 0 Å². The van der Waals surface area contributed by atoms with Gasteiger partial charge in [0.15, 0.2) is 0 Å². The minimum absolute atomic E-state index is 0.143. The van der Waals surface area contributed by atoms with E-state index in [4.69, 9.17) is 9.47 Å². The normalized spacial score (nSPS) is 11.7. The van der Waals surface area contributed by atoms with Gasteiger partial charge in [0.1, 0.15) is 12.4 Å². The summed E-state index contributed by atoms with van der Waals surface area (Å²) >= 11 is 0. The van der Waals surface area contributed by atoms with Gasteiger partial charge in [0.05, 0.1) is 12.6 Å². The first-order valence-electron chi connectivity index (χ1n) is 9.90. The zero-order chi connectivity index (χ0) is 20.5. The highest BCUT2D eigenvalue weighted by Gasteiger charge is 2.18. The van der Waals surface area contributed by atoms with Crippen LogP contribution in [0.2, 0.25) is 0 Å². The lowest BCUT2D eigenvalue weighted by Gasteiger charge is -2.20. The number of rotatable bonds is 9. The maximum atomic E-state index is 13.0. The second kappa shape index (κ2) is 10.4. The van der Waals surface area contributed by atoms with E-state index in [1.807, 2.05) is 61.5 Å². The van der Waals surface area contributed by atoms with E-state index in [0.29, 0.717) is 31.1 Å². The van der Waals surface area contributed by atoms with Gasteiger partial charge in [0, 0.05) is 12.2 Å². The molecule has 1 N–H and O–H groups in total. The molecule has 3 aromatic rings. The molecular formula is C25H27NO3. The smallest absolute Gasteiger partial charge is 0.252 e. The number of benzene rings is 3. The average molecular weight is 389 g/mol. The molecule has 3 rings (SSSR count). The highest BCUT2D eigenvalue weighted by molar-refractivity contribution is 5.95. The fourth-order valence-electron chi connectivity index (χ4n) is 3.16. The number of carbonyl (C=O) groups is 1. The predicted molar refractivity (Wildman–Crippen MR) is 115 cm³/mol. The Morgan fingerprint density at radius 3 is 2.41 bits per heavy atom. The van der Waals surface area contributed by atoms with Crippen LogP contribution in [0.4, 0.5) is 0 Å². The number of ether oxygens (including phenoxy) is 2. The van der Waals surface area contributed by atoms with Gasteiger partial charge in [0.2, 0.25) is 0 Å². The van der Waals surface area contributed by atoms with Crippen molar-refractivity contribution in [1.82, 2.24) is 5.32 Å². The summed E-state index contributed by atoms with van der Waals surface area (Å²) < 4.78 is 11.0. The van der Waals surface area contributed by atoms with Gasteiger partial charge in [-0.3, -0.25) is 4.79 Å². The van der Waals surface area contributed by atoms with E-state index in [1.54, 1.807) is 12.1 Å². The third-order valence-corrected chi connectivity index (χ3v) is 4.58. The van der Waals surface area contributed by atoms with Crippen LogP contribution < -0.4 is 10.1 Å². The van der Waals surface area contributed by atoms with Crippen LogP contribution in [-0.2, 0) is 4.74 Å². The topological polar surface area (TPSA) is 47.6 Å². The average Bonchev–Trinajstić information content (AvgIpc) is 2.76. The van der Waals surface area contributed by atoms with Crippen molar-refractivity contribution in [2.75, 3.05) is 19.8 Å². The molecule has 0 fully saturated rings. The third-order valence-electron chi connectivity index (χ3n) is 4.58. The van der Waals surface area contributed by atoms with E-state index in [-0.39, 0.29) is 11.9 Å². The fraction of sp³-hybridized carbons (Fsp3) is 0.240. The van der Waals surface area contributed by atoms with Crippen LogP contribution in [0.25, 0.3) is 0 Å². The van der Waals surface area contributed by atoms with Crippen LogP contribution in [0, 0.1) is 6.92 Å². The summed E-state index contributed by atoms with van der Waals surface area (Å²) in [5, 5.41) is 3.18. The van der Waals surface area contributed by atoms with Crippen LogP contribution in [0.5, 0.6) is 5.75 Å². The number of nitrogens with one attached hydrogen (secondary N) is 1. The molecule has 0 aromatic heterocycles. The van der Waals surface area contributed by atoms with Crippen LogP contribution in [0.15, 0.2) is 78.9 Å². The van der Waals surface area contributed by atoms with Gasteiger partial charge in [-0.1, -0.05) is 66.2 Å². The second-order valence-electron chi connectivity index (χ2n) is 6.80. The van der Waals surface area contributed by atoms with Crippen LogP contribution in [0.3, 0.4) is 0 Å². The summed E-state index contributed by atoms with van der Waals surface area (Å²) in [5.74, 6) is 0.514. The summed E-state index contributed by atoms with van der Waals surface area (Å²) in [6.45, 7) is 5.63. The number of hydrogen-bond acceptors (Lipinski definition) is 3. The lowest BCUT2D eigenvalue weighted by Crippen LogP contribution is -2.29. The molecule has 0 aliphatic carbocycles. The van der Waals surface area contributed by atoms with E-state index in [0.717, 1.165) is 16.7 Å². The first-order valence-corrected chi connectivity index (χ1v) is 9.90. The molecule has 0 radical (unpaired) electrons. The Bertz CT molecular complexity index is 924. The molecule has 1 unspecified atom stereocenters. The molecule has 3 aromatic carbocycles. The lowest BCUT2D eigenvalue weighted by atomic mass is 9.97. The van der Waals surface area contributed by atoms with Gasteiger partial charge in [-0.05, 0) is 43.2 Å². The molecule has 0 saturated carbocycles. The van der Waals surface area contributed by atoms with Crippen molar-refractivity contribution in [2.24, 2.45) is 0 Å². The molecule has 0 heterocycles. The van der Waals surface area contributed by atoms with E-state index >= 15 is 0 Å². The van der Waals surface area contributed by atoms with Gasteiger partial charge in [0.25, 0.3) is 5.91 Å². The van der Waals surface area contributed by atoms with Crippen LogP contribution in [-0.4, -0.2) is 25.7 Å². The summed E-state index contributed by atoms with van der Waals surface area (Å²) in [5.41, 5.74) is 3.80. The Balaban J connectivity index is 1.78. The monoisotopic (exact) mass is 389 g/mol. The van der Waals surface area contributed by atoms with Crippen LogP contribution >= 0.6 is 0 Å². The number of aryl methyl sites for hydroxylation is 1. The van der Waals surface area contributed by atoms with Crippen molar-refractivity contribution >= 4 is 5.91 Å². The van der Waals surface area contributed by atoms with Crippen LogP contribution in [0.1, 0.15) is 40.0 Å². The Hall–Kier alpha value is -3.11. The molecule has 1 amide bonds. The Labute approximate surface area is 172 Å². The third kappa shape index (κ3) is 5.93. The first kappa shape index (κ1) is 20.6. The fourth-order valence-corrected chi connectivity index (χ4v) is 3.16. The number of carbonyl (C=O) groups excluding carboxylic acids is 1. The van der Waals surface area contributed by atoms with Crippen molar-refractivity contribution in [2.45, 2.75) is 19.9 Å². The minimum atomic E-state index is -0.230.